The molecule has 8 nitrogen and oxygen atoms in total. The standard InChI is InChI=1S/C25H29ClF2N6O2/c1-36-19-10-14-5-7-34(12-20(27)28)6-4-13(14)9-18(19)31-25-30-11-17(26)24(33-25)32-22-16-3-2-15(8-16)21(22)23(29)35/h2-3,9-11,15-16,20-22H,4-8,12H2,1H3,(H2,29,35)(H2,30,31,32,33)/t15-,16+,21+,22-/m1/s1. The van der Waals surface area contributed by atoms with E-state index in [0.29, 0.717) is 54.2 Å². The van der Waals surface area contributed by atoms with Crippen LogP contribution in [0.2, 0.25) is 5.02 Å². The molecule has 4 N–H and O–H groups in total. The minimum atomic E-state index is -2.35. The minimum Gasteiger partial charge on any atom is -0.495 e. The Morgan fingerprint density at radius 3 is 2.67 bits per heavy atom. The van der Waals surface area contributed by atoms with E-state index in [4.69, 9.17) is 22.1 Å². The molecule has 0 unspecified atom stereocenters. The van der Waals surface area contributed by atoms with Gasteiger partial charge in [-0.2, -0.15) is 4.98 Å². The van der Waals surface area contributed by atoms with Crippen molar-refractivity contribution in [3.05, 3.63) is 46.6 Å². The molecule has 36 heavy (non-hydrogen) atoms. The van der Waals surface area contributed by atoms with E-state index < -0.39 is 6.43 Å². The van der Waals surface area contributed by atoms with E-state index in [0.717, 1.165) is 17.5 Å². The van der Waals surface area contributed by atoms with E-state index >= 15 is 0 Å². The Morgan fingerprint density at radius 2 is 1.97 bits per heavy atom. The highest BCUT2D eigenvalue weighted by Crippen LogP contribution is 2.45. The van der Waals surface area contributed by atoms with Crippen LogP contribution in [0, 0.1) is 17.8 Å². The number of nitrogens with two attached hydrogens (primary N) is 1. The first-order valence-electron chi connectivity index (χ1n) is 12.1. The molecule has 2 heterocycles. The molecule has 5 rings (SSSR count). The number of halogens is 3. The summed E-state index contributed by atoms with van der Waals surface area (Å²) in [5, 5.41) is 6.88. The van der Waals surface area contributed by atoms with Gasteiger partial charge in [0.1, 0.15) is 10.8 Å². The van der Waals surface area contributed by atoms with Crippen molar-refractivity contribution in [2.24, 2.45) is 23.5 Å². The van der Waals surface area contributed by atoms with Gasteiger partial charge in [0.2, 0.25) is 11.9 Å². The van der Waals surface area contributed by atoms with Crippen molar-refractivity contribution < 1.29 is 18.3 Å². The third-order valence-corrected chi connectivity index (χ3v) is 7.67. The molecular formula is C25H29ClF2N6O2. The molecule has 1 fully saturated rings. The van der Waals surface area contributed by atoms with Crippen molar-refractivity contribution in [1.82, 2.24) is 14.9 Å². The lowest BCUT2D eigenvalue weighted by atomic mass is 9.88. The molecule has 192 valence electrons. The molecule has 2 aliphatic carbocycles. The van der Waals surface area contributed by atoms with Crippen LogP contribution in [0.5, 0.6) is 5.75 Å². The molecule has 1 saturated carbocycles. The van der Waals surface area contributed by atoms with Crippen molar-refractivity contribution >= 4 is 35.0 Å². The smallest absolute Gasteiger partial charge is 0.251 e. The van der Waals surface area contributed by atoms with Crippen LogP contribution in [0.3, 0.4) is 0 Å². The van der Waals surface area contributed by atoms with Crippen LogP contribution in [-0.4, -0.2) is 60.0 Å². The number of aromatic nitrogens is 2. The van der Waals surface area contributed by atoms with Gasteiger partial charge in [-0.3, -0.25) is 9.69 Å². The Balaban J connectivity index is 1.36. The highest BCUT2D eigenvalue weighted by atomic mass is 35.5. The first-order chi connectivity index (χ1) is 17.3. The fourth-order valence-electron chi connectivity index (χ4n) is 5.66. The van der Waals surface area contributed by atoms with E-state index in [9.17, 15) is 13.6 Å². The number of fused-ring (bicyclic) bond motifs is 3. The predicted octanol–water partition coefficient (Wildman–Crippen LogP) is 3.64. The fourth-order valence-corrected chi connectivity index (χ4v) is 5.80. The second kappa shape index (κ2) is 10.2. The normalized spacial score (nSPS) is 25.0. The Bertz CT molecular complexity index is 1180. The molecule has 2 aromatic rings. The van der Waals surface area contributed by atoms with Gasteiger partial charge in [0, 0.05) is 19.1 Å². The molecule has 4 atom stereocenters. The van der Waals surface area contributed by atoms with Gasteiger partial charge < -0.3 is 21.1 Å². The van der Waals surface area contributed by atoms with Gasteiger partial charge in [0.05, 0.1) is 31.5 Å². The maximum absolute atomic E-state index is 12.9. The number of carbonyl (C=O) groups is 1. The Labute approximate surface area is 213 Å². The molecule has 1 aromatic carbocycles. The molecular weight excluding hydrogens is 490 g/mol. The largest absolute Gasteiger partial charge is 0.495 e. The highest BCUT2D eigenvalue weighted by molar-refractivity contribution is 6.32. The molecule has 11 heteroatoms. The number of amides is 1. The summed E-state index contributed by atoms with van der Waals surface area (Å²) in [4.78, 5) is 22.8. The van der Waals surface area contributed by atoms with Crippen molar-refractivity contribution in [3.8, 4) is 5.75 Å². The van der Waals surface area contributed by atoms with E-state index in [1.165, 1.54) is 6.20 Å². The molecule has 1 amide bonds. The number of hydrogen-bond acceptors (Lipinski definition) is 7. The number of hydrogen-bond donors (Lipinski definition) is 3. The van der Waals surface area contributed by atoms with Crippen LogP contribution in [-0.2, 0) is 17.6 Å². The topological polar surface area (TPSA) is 105 Å². The third-order valence-electron chi connectivity index (χ3n) is 7.39. The number of rotatable bonds is 8. The van der Waals surface area contributed by atoms with E-state index in [2.05, 4.69) is 32.8 Å². The molecule has 2 bridgehead atoms. The SMILES string of the molecule is COc1cc2c(cc1Nc1ncc(Cl)c(N[C@H]3[C@@H](C(N)=O)[C@@H]4C=C[C@H]3C4)n1)CCN(CC(F)F)CC2. The van der Waals surface area contributed by atoms with Crippen LogP contribution in [0.1, 0.15) is 17.5 Å². The molecule has 0 radical (unpaired) electrons. The summed E-state index contributed by atoms with van der Waals surface area (Å²) in [6, 6.07) is 3.73. The number of benzene rings is 1. The number of allylic oxidation sites excluding steroid dienone is 1. The number of methoxy groups -OCH3 is 1. The van der Waals surface area contributed by atoms with Crippen molar-refractivity contribution in [3.63, 3.8) is 0 Å². The summed E-state index contributed by atoms with van der Waals surface area (Å²) < 4.78 is 31.3. The second-order valence-electron chi connectivity index (χ2n) is 9.57. The summed E-state index contributed by atoms with van der Waals surface area (Å²) in [7, 11) is 1.58. The monoisotopic (exact) mass is 518 g/mol. The van der Waals surface area contributed by atoms with E-state index in [1.807, 2.05) is 12.1 Å². The highest BCUT2D eigenvalue weighted by Gasteiger charge is 2.47. The van der Waals surface area contributed by atoms with Gasteiger partial charge in [0.15, 0.2) is 5.82 Å². The van der Waals surface area contributed by atoms with Gasteiger partial charge in [-0.15, -0.1) is 0 Å². The van der Waals surface area contributed by atoms with Crippen LogP contribution in [0.15, 0.2) is 30.5 Å². The number of primary amides is 1. The molecule has 3 aliphatic rings. The van der Waals surface area contributed by atoms with Gasteiger partial charge in [-0.1, -0.05) is 23.8 Å². The molecule has 0 saturated heterocycles. The lowest BCUT2D eigenvalue weighted by molar-refractivity contribution is -0.122. The fraction of sp³-hybridized carbons (Fsp3) is 0.480. The number of anilines is 3. The summed E-state index contributed by atoms with van der Waals surface area (Å²) in [5.41, 5.74) is 8.50. The average Bonchev–Trinajstić information content (AvgIpc) is 3.39. The van der Waals surface area contributed by atoms with Gasteiger partial charge >= 0.3 is 0 Å². The zero-order valence-electron chi connectivity index (χ0n) is 19.9. The first-order valence-corrected chi connectivity index (χ1v) is 12.4. The van der Waals surface area contributed by atoms with E-state index in [1.54, 1.807) is 12.0 Å². The Morgan fingerprint density at radius 1 is 1.25 bits per heavy atom. The summed E-state index contributed by atoms with van der Waals surface area (Å²) in [6.07, 6.45) is 5.52. The Kier molecular flexibility index (Phi) is 6.98. The van der Waals surface area contributed by atoms with Crippen molar-refractivity contribution in [2.75, 3.05) is 37.4 Å². The van der Waals surface area contributed by atoms with Crippen LogP contribution >= 0.6 is 11.6 Å². The van der Waals surface area contributed by atoms with Crippen LogP contribution in [0.4, 0.5) is 26.2 Å². The van der Waals surface area contributed by atoms with Gasteiger partial charge in [-0.25, -0.2) is 13.8 Å². The lowest BCUT2D eigenvalue weighted by Gasteiger charge is -2.27. The van der Waals surface area contributed by atoms with Gasteiger partial charge in [-0.05, 0) is 54.4 Å². The summed E-state index contributed by atoms with van der Waals surface area (Å²) >= 11 is 6.40. The number of alkyl halides is 2. The number of nitrogens with one attached hydrogen (secondary N) is 2. The minimum absolute atomic E-state index is 0.128. The second-order valence-corrected chi connectivity index (χ2v) is 9.98. The maximum atomic E-state index is 12.9. The maximum Gasteiger partial charge on any atom is 0.251 e. The predicted molar refractivity (Wildman–Crippen MR) is 134 cm³/mol. The number of ether oxygens (including phenoxy) is 1. The molecule has 1 aromatic heterocycles. The van der Waals surface area contributed by atoms with Crippen LogP contribution < -0.4 is 21.1 Å². The summed E-state index contributed by atoms with van der Waals surface area (Å²) in [5.74, 6) is 0.987. The number of carbonyl (C=O) groups excluding carboxylic acids is 1. The van der Waals surface area contributed by atoms with Crippen molar-refractivity contribution in [2.45, 2.75) is 31.7 Å². The zero-order valence-corrected chi connectivity index (χ0v) is 20.6. The average molecular weight is 519 g/mol. The lowest BCUT2D eigenvalue weighted by Crippen LogP contribution is -2.41. The van der Waals surface area contributed by atoms with Crippen LogP contribution in [0.25, 0.3) is 0 Å². The Hall–Kier alpha value is -2.98. The molecule has 0 spiro atoms. The quantitative estimate of drug-likeness (QED) is 0.458. The van der Waals surface area contributed by atoms with Crippen molar-refractivity contribution in [1.29, 1.82) is 0 Å². The first kappa shape index (κ1) is 24.7. The summed E-state index contributed by atoms with van der Waals surface area (Å²) in [6.45, 7) is 0.917. The van der Waals surface area contributed by atoms with E-state index in [-0.39, 0.29) is 36.2 Å². The zero-order chi connectivity index (χ0) is 25.4. The van der Waals surface area contributed by atoms with Gasteiger partial charge in [0.25, 0.3) is 6.43 Å². The third kappa shape index (κ3) is 4.97. The molecule has 1 aliphatic heterocycles. The number of nitrogens with zero attached hydrogens (tertiary/aromatic N) is 3.